The Kier molecular flexibility index (Phi) is 20.5. The fourth-order valence-corrected chi connectivity index (χ4v) is 11.5. The molecule has 0 bridgehead atoms. The maximum atomic E-state index is 14.3. The van der Waals surface area contributed by atoms with Crippen molar-refractivity contribution in [3.05, 3.63) is 147 Å². The first-order chi connectivity index (χ1) is 36.1. The first kappa shape index (κ1) is 58.3. The van der Waals surface area contributed by atoms with Crippen LogP contribution in [0.25, 0.3) is 0 Å². The molecule has 4 aliphatic rings. The Morgan fingerprint density at radius 2 is 1.33 bits per heavy atom. The van der Waals surface area contributed by atoms with E-state index in [9.17, 15) is 19.2 Å². The largest absolute Gasteiger partial charge is 1.00 e. The average Bonchev–Trinajstić information content (AvgIpc) is 3.88. The summed E-state index contributed by atoms with van der Waals surface area (Å²) < 4.78 is 61.2. The van der Waals surface area contributed by atoms with Gasteiger partial charge in [-0.3, -0.25) is 14.4 Å². The predicted molar refractivity (Wildman–Crippen MR) is 286 cm³/mol. The molecule has 76 heavy (non-hydrogen) atoms. The summed E-state index contributed by atoms with van der Waals surface area (Å²) in [5.41, 5.74) is 10.6. The van der Waals surface area contributed by atoms with E-state index >= 15 is 0 Å². The van der Waals surface area contributed by atoms with Gasteiger partial charge in [0.15, 0.2) is 19.8 Å². The summed E-state index contributed by atoms with van der Waals surface area (Å²) >= 11 is 0. The number of amides is 3. The van der Waals surface area contributed by atoms with E-state index in [1.165, 1.54) is 5.56 Å². The normalized spacial score (nSPS) is 16.0. The molecule has 0 unspecified atom stereocenters. The van der Waals surface area contributed by atoms with E-state index in [1.807, 2.05) is 103 Å². The molecule has 4 aliphatic heterocycles. The minimum atomic E-state index is -3.11. The van der Waals surface area contributed by atoms with Gasteiger partial charge in [-0.05, 0) is 146 Å². The van der Waals surface area contributed by atoms with Gasteiger partial charge >= 0.3 is 40.2 Å². The second-order valence-electron chi connectivity index (χ2n) is 19.9. The molecule has 0 fully saturated rings. The Labute approximate surface area is 470 Å². The number of aryl methyl sites for hydroxylation is 2. The Hall–Kier alpha value is -5.41. The number of para-hydroxylation sites is 2. The van der Waals surface area contributed by atoms with E-state index in [2.05, 4.69) is 18.6 Å². The number of anilines is 3. The Morgan fingerprint density at radius 3 is 2.00 bits per heavy atom. The molecule has 16 nitrogen and oxygen atoms in total. The maximum Gasteiger partial charge on any atom is 1.00 e. The summed E-state index contributed by atoms with van der Waals surface area (Å²) in [4.78, 5) is 58.9. The number of fused-ring (bicyclic) bond motifs is 8. The standard InChI is InChI=1S/C57H66N3O10Si.Na.O3S/c1-38-27-48-41(16-18-45-31-43-11-6-8-13-50(43)59(45)56(48)62)33-52(38)69-36-39-28-40(30-47(29-39)58(55(61)15-10-26-71(4,5)64)20-21-67-24-25-68-23-22-65-2)37-70-54-34-42-17-19-46-32-44-12-7-9-14-51(44)60(46)57(63)49(42)35-53(54)66-3;;1-4(2)3/h6-9,11-14,19,27-30,33-35,45-46,64H,10,15-18,20-26,31-32,36-37H2,1-5H3;;/q-1;+1;/t45-,46-;;/m1../s1. The zero-order valence-electron chi connectivity index (χ0n) is 44.3. The molecule has 0 radical (unpaired) electrons. The Morgan fingerprint density at radius 1 is 0.737 bits per heavy atom. The maximum absolute atomic E-state index is 14.3. The third kappa shape index (κ3) is 14.4. The van der Waals surface area contributed by atoms with Crippen molar-refractivity contribution in [1.82, 2.24) is 0 Å². The van der Waals surface area contributed by atoms with E-state index in [0.717, 1.165) is 70.4 Å². The smallest absolute Gasteiger partial charge is 0.493 e. The van der Waals surface area contributed by atoms with Crippen molar-refractivity contribution in [2.24, 2.45) is 0 Å². The third-order valence-corrected chi connectivity index (χ3v) is 15.6. The number of carbonyl (C=O) groups excluding carboxylic acids is 3. The van der Waals surface area contributed by atoms with Crippen molar-refractivity contribution in [3.8, 4) is 17.2 Å². The van der Waals surface area contributed by atoms with Gasteiger partial charge in [0.05, 0.1) is 40.1 Å². The number of hydrogen-bond donors (Lipinski definition) is 1. The molecule has 3 amide bonds. The van der Waals surface area contributed by atoms with Gasteiger partial charge in [0.2, 0.25) is 5.91 Å². The van der Waals surface area contributed by atoms with Crippen LogP contribution in [0.5, 0.6) is 17.2 Å². The molecule has 0 saturated heterocycles. The van der Waals surface area contributed by atoms with E-state index < -0.39 is 18.9 Å². The van der Waals surface area contributed by atoms with Crippen LogP contribution in [0.3, 0.4) is 0 Å². The number of benzene rings is 5. The molecular formula is C57H66N3NaO13SSi. The number of carbonyl (C=O) groups is 3. The average molecular weight is 1080 g/mol. The minimum absolute atomic E-state index is 0. The van der Waals surface area contributed by atoms with Gasteiger partial charge in [0.25, 0.3) is 11.8 Å². The van der Waals surface area contributed by atoms with Gasteiger partial charge in [-0.1, -0.05) is 48.0 Å². The fourth-order valence-electron chi connectivity index (χ4n) is 10.4. The molecule has 9 rings (SSSR count). The molecule has 19 heteroatoms. The molecule has 5 aromatic rings. The van der Waals surface area contributed by atoms with E-state index in [4.69, 9.17) is 41.0 Å². The van der Waals surface area contributed by atoms with Crippen LogP contribution in [0.2, 0.25) is 19.1 Å². The number of rotatable bonds is 21. The van der Waals surface area contributed by atoms with Gasteiger partial charge in [0.1, 0.15) is 19.0 Å². The second kappa shape index (κ2) is 26.8. The van der Waals surface area contributed by atoms with E-state index in [0.29, 0.717) is 79.4 Å². The molecule has 5 aromatic carbocycles. The molecule has 398 valence electrons. The third-order valence-electron chi connectivity index (χ3n) is 14.0. The number of hydrogen-bond acceptors (Lipinski definition) is 13. The number of nitrogens with zero attached hydrogens (tertiary/aromatic N) is 3. The Balaban J connectivity index is 0.00000162. The van der Waals surface area contributed by atoms with Crippen molar-refractivity contribution in [3.63, 3.8) is 0 Å². The molecule has 4 heterocycles. The number of methoxy groups -OCH3 is 2. The van der Waals surface area contributed by atoms with Gasteiger partial charge in [0, 0.05) is 54.3 Å². The Bertz CT molecular complexity index is 3000. The van der Waals surface area contributed by atoms with Crippen LogP contribution >= 0.6 is 0 Å². The monoisotopic (exact) mass is 1080 g/mol. The summed E-state index contributed by atoms with van der Waals surface area (Å²) in [7, 11) is -2.29. The van der Waals surface area contributed by atoms with Crippen molar-refractivity contribution in [2.75, 3.05) is 68.5 Å². The van der Waals surface area contributed by atoms with Crippen LogP contribution < -0.4 is 58.5 Å². The topological polar surface area (TPSA) is 188 Å². The molecule has 0 aromatic heterocycles. The van der Waals surface area contributed by atoms with Crippen molar-refractivity contribution < 1.29 is 89.8 Å². The zero-order valence-corrected chi connectivity index (χ0v) is 48.1. The molecule has 0 spiro atoms. The van der Waals surface area contributed by atoms with Crippen molar-refractivity contribution in [2.45, 2.75) is 96.3 Å². The quantitative estimate of drug-likeness (QED) is 0.0589. The summed E-state index contributed by atoms with van der Waals surface area (Å²) in [5.74, 6) is 1.52. The fraction of sp³-hybridized carbons (Fsp3) is 0.404. The zero-order chi connectivity index (χ0) is 53.2. The summed E-state index contributed by atoms with van der Waals surface area (Å²) in [5, 5.41) is 0. The molecule has 2 atom stereocenters. The molecular weight excluding hydrogens is 1020 g/mol. The SMILES string of the molecule is COCCOCCOCCN(C(=O)CCC[Si](C)(C)O)c1cc(COc2cc3c(cc2C)C(=O)N2c4ccccc4C[C@H]2CC3)cc(COc2cc3c(cc2OC)C(=O)N2c4ccccc4C[C@H]2[CH-]C3)c1.O=S(=O)=O.[Na+]. The summed E-state index contributed by atoms with van der Waals surface area (Å²) in [6.45, 7) is 8.32. The minimum Gasteiger partial charge on any atom is -0.493 e. The predicted octanol–water partition coefficient (Wildman–Crippen LogP) is 5.00. The van der Waals surface area contributed by atoms with Gasteiger partial charge in [-0.15, -0.1) is 12.6 Å². The van der Waals surface area contributed by atoms with Crippen LogP contribution in [0.4, 0.5) is 17.1 Å². The van der Waals surface area contributed by atoms with Gasteiger partial charge < -0.3 is 54.3 Å². The molecule has 0 aliphatic carbocycles. The van der Waals surface area contributed by atoms with E-state index in [-0.39, 0.29) is 92.1 Å². The molecule has 0 saturated carbocycles. The van der Waals surface area contributed by atoms with Gasteiger partial charge in [-0.25, -0.2) is 0 Å². The van der Waals surface area contributed by atoms with Crippen molar-refractivity contribution >= 4 is 53.7 Å². The first-order valence-electron chi connectivity index (χ1n) is 25.5. The molecule has 1 N–H and O–H groups in total. The second-order valence-corrected chi connectivity index (χ2v) is 24.4. The van der Waals surface area contributed by atoms with Crippen LogP contribution in [0, 0.1) is 13.3 Å². The van der Waals surface area contributed by atoms with Crippen molar-refractivity contribution in [1.29, 1.82) is 0 Å². The van der Waals surface area contributed by atoms with Crippen LogP contribution in [-0.2, 0) is 68.5 Å². The number of ether oxygens (including phenoxy) is 6. The van der Waals surface area contributed by atoms with Gasteiger partial charge in [-0.2, -0.15) is 6.42 Å². The van der Waals surface area contributed by atoms with Crippen LogP contribution in [0.1, 0.15) is 78.9 Å². The summed E-state index contributed by atoms with van der Waals surface area (Å²) in [6.07, 6.45) is 6.84. The van der Waals surface area contributed by atoms with E-state index in [1.54, 1.807) is 25.2 Å². The summed E-state index contributed by atoms with van der Waals surface area (Å²) in [6, 6.07) is 30.6. The van der Waals surface area contributed by atoms with Crippen LogP contribution in [-0.4, -0.2) is 109 Å². The van der Waals surface area contributed by atoms with Crippen LogP contribution in [0.15, 0.2) is 91.0 Å². The first-order valence-corrected chi connectivity index (χ1v) is 29.6.